The van der Waals surface area contributed by atoms with Crippen LogP contribution in [0.25, 0.3) is 0 Å². The first kappa shape index (κ1) is 22.8. The molecule has 3 aliphatic carbocycles. The maximum absolute atomic E-state index is 13.0. The fourth-order valence-electron chi connectivity index (χ4n) is 4.84. The van der Waals surface area contributed by atoms with Crippen LogP contribution in [0.5, 0.6) is 0 Å². The van der Waals surface area contributed by atoms with Gasteiger partial charge in [-0.05, 0) is 37.8 Å². The second kappa shape index (κ2) is 11.5. The number of carbonyl (C=O) groups is 2. The second-order valence-electron chi connectivity index (χ2n) is 8.77. The molecule has 0 unspecified atom stereocenters. The van der Waals surface area contributed by atoms with Crippen molar-refractivity contribution in [3.8, 4) is 0 Å². The van der Waals surface area contributed by atoms with E-state index in [1.807, 2.05) is 0 Å². The summed E-state index contributed by atoms with van der Waals surface area (Å²) in [7, 11) is 0. The van der Waals surface area contributed by atoms with Gasteiger partial charge in [0.05, 0.1) is 64.1 Å². The maximum Gasteiger partial charge on any atom is 0.189 e. The van der Waals surface area contributed by atoms with Gasteiger partial charge < -0.3 is 23.7 Å². The standard InChI is InChI=1S/C24H34O7/c25-19-13-17-15-30-22-7-3-1-5-20(22)28-11-9-27-10-12-29-21-6-2-4-8-23(21)31-16-18(14-19)24(17)26/h13-14,20-23H,1-12,15-16H2/t20-,21-,22+,23+/m1/s1. The van der Waals surface area contributed by atoms with Crippen molar-refractivity contribution in [3.63, 3.8) is 0 Å². The highest BCUT2D eigenvalue weighted by Gasteiger charge is 2.31. The first-order chi connectivity index (χ1) is 15.2. The lowest BCUT2D eigenvalue weighted by Gasteiger charge is -2.33. The molecule has 0 N–H and O–H groups in total. The normalized spacial score (nSPS) is 34.5. The Labute approximate surface area is 184 Å². The lowest BCUT2D eigenvalue weighted by molar-refractivity contribution is -0.123. The molecule has 0 spiro atoms. The Morgan fingerprint density at radius 2 is 1.00 bits per heavy atom. The van der Waals surface area contributed by atoms with Gasteiger partial charge in [-0.2, -0.15) is 0 Å². The molecule has 31 heavy (non-hydrogen) atoms. The van der Waals surface area contributed by atoms with Gasteiger partial charge in [-0.1, -0.05) is 25.7 Å². The highest BCUT2D eigenvalue weighted by molar-refractivity contribution is 6.20. The molecule has 3 fully saturated rings. The van der Waals surface area contributed by atoms with Gasteiger partial charge in [0.25, 0.3) is 0 Å². The van der Waals surface area contributed by atoms with E-state index in [2.05, 4.69) is 0 Å². The molecule has 1 heterocycles. The number of ether oxygens (including phenoxy) is 5. The monoisotopic (exact) mass is 434 g/mol. The number of carbonyl (C=O) groups excluding carboxylic acids is 2. The lowest BCUT2D eigenvalue weighted by atomic mass is 9.93. The molecule has 4 aliphatic rings. The van der Waals surface area contributed by atoms with Crippen LogP contribution in [0.2, 0.25) is 0 Å². The van der Waals surface area contributed by atoms with Gasteiger partial charge in [-0.15, -0.1) is 0 Å². The molecular weight excluding hydrogens is 400 g/mol. The first-order valence-electron chi connectivity index (χ1n) is 11.7. The molecular formula is C24H34O7. The van der Waals surface area contributed by atoms with Crippen LogP contribution in [0.3, 0.4) is 0 Å². The summed E-state index contributed by atoms with van der Waals surface area (Å²) < 4.78 is 29.9. The van der Waals surface area contributed by atoms with Crippen LogP contribution >= 0.6 is 0 Å². The molecule has 4 atom stereocenters. The lowest BCUT2D eigenvalue weighted by Crippen LogP contribution is -2.38. The summed E-state index contributed by atoms with van der Waals surface area (Å²) in [4.78, 5) is 25.2. The zero-order chi connectivity index (χ0) is 21.5. The summed E-state index contributed by atoms with van der Waals surface area (Å²) >= 11 is 0. The van der Waals surface area contributed by atoms with E-state index in [1.165, 1.54) is 12.2 Å². The summed E-state index contributed by atoms with van der Waals surface area (Å²) in [5, 5.41) is 0. The molecule has 7 nitrogen and oxygen atoms in total. The van der Waals surface area contributed by atoms with Crippen molar-refractivity contribution in [1.82, 2.24) is 0 Å². The van der Waals surface area contributed by atoms with Crippen LogP contribution in [0.4, 0.5) is 0 Å². The van der Waals surface area contributed by atoms with Crippen LogP contribution in [-0.4, -0.2) is 75.6 Å². The van der Waals surface area contributed by atoms with E-state index in [4.69, 9.17) is 23.7 Å². The third kappa shape index (κ3) is 6.33. The third-order valence-electron chi connectivity index (χ3n) is 6.53. The molecule has 172 valence electrons. The highest BCUT2D eigenvalue weighted by Crippen LogP contribution is 2.27. The molecule has 4 rings (SSSR count). The minimum absolute atomic E-state index is 0.0104. The van der Waals surface area contributed by atoms with E-state index < -0.39 is 0 Å². The van der Waals surface area contributed by atoms with Gasteiger partial charge in [0.2, 0.25) is 0 Å². The van der Waals surface area contributed by atoms with E-state index in [0.717, 1.165) is 51.4 Å². The van der Waals surface area contributed by atoms with Crippen molar-refractivity contribution in [2.75, 3.05) is 39.6 Å². The Morgan fingerprint density at radius 3 is 1.45 bits per heavy atom. The number of ketones is 2. The smallest absolute Gasteiger partial charge is 0.189 e. The molecule has 7 heteroatoms. The third-order valence-corrected chi connectivity index (χ3v) is 6.53. The van der Waals surface area contributed by atoms with Gasteiger partial charge in [-0.3, -0.25) is 9.59 Å². The first-order valence-corrected chi connectivity index (χ1v) is 11.7. The summed E-state index contributed by atoms with van der Waals surface area (Å²) in [6.45, 7) is 2.29. The van der Waals surface area contributed by atoms with E-state index in [1.54, 1.807) is 0 Å². The molecule has 1 saturated heterocycles. The summed E-state index contributed by atoms with van der Waals surface area (Å²) in [5.74, 6) is -0.341. The largest absolute Gasteiger partial charge is 0.377 e. The number of fused-ring (bicyclic) bond motifs is 4. The fraction of sp³-hybridized carbons (Fsp3) is 0.750. The van der Waals surface area contributed by atoms with Crippen molar-refractivity contribution in [2.45, 2.75) is 75.8 Å². The SMILES string of the molecule is O=C1C=C2CO[C@H]3CCCC[C@H]3OCCOCCO[C@@H]3CCCC[C@@H]3OCC(=C1)C2=O. The van der Waals surface area contributed by atoms with Crippen LogP contribution in [0, 0.1) is 0 Å². The van der Waals surface area contributed by atoms with Gasteiger partial charge in [0.1, 0.15) is 0 Å². The van der Waals surface area contributed by atoms with Crippen molar-refractivity contribution >= 4 is 11.6 Å². The molecule has 0 radical (unpaired) electrons. The van der Waals surface area contributed by atoms with Crippen LogP contribution < -0.4 is 0 Å². The van der Waals surface area contributed by atoms with Gasteiger partial charge in [-0.25, -0.2) is 0 Å². The van der Waals surface area contributed by atoms with Gasteiger partial charge in [0, 0.05) is 11.1 Å². The predicted octanol–water partition coefficient (Wildman–Crippen LogP) is 2.71. The molecule has 0 aromatic heterocycles. The highest BCUT2D eigenvalue weighted by atomic mass is 16.6. The number of hydrogen-bond donors (Lipinski definition) is 0. The molecule has 0 amide bonds. The molecule has 2 saturated carbocycles. The fourth-order valence-corrected chi connectivity index (χ4v) is 4.84. The number of rotatable bonds is 0. The number of Topliss-reactive ketones (excluding diaryl/α,β-unsaturated/α-hetero) is 1. The van der Waals surface area contributed by atoms with E-state index >= 15 is 0 Å². The number of allylic oxidation sites excluding steroid dienone is 2. The summed E-state index contributed by atoms with van der Waals surface area (Å²) in [5.41, 5.74) is 0.799. The minimum Gasteiger partial charge on any atom is -0.377 e. The zero-order valence-corrected chi connectivity index (χ0v) is 18.2. The van der Waals surface area contributed by atoms with E-state index in [0.29, 0.717) is 37.6 Å². The second-order valence-corrected chi connectivity index (χ2v) is 8.77. The molecule has 0 aromatic carbocycles. The Bertz CT molecular complexity index is 644. The molecule has 2 bridgehead atoms. The minimum atomic E-state index is -0.184. The van der Waals surface area contributed by atoms with Crippen molar-refractivity contribution in [3.05, 3.63) is 23.3 Å². The van der Waals surface area contributed by atoms with E-state index in [9.17, 15) is 9.59 Å². The van der Waals surface area contributed by atoms with Crippen molar-refractivity contribution in [2.24, 2.45) is 0 Å². The Morgan fingerprint density at radius 1 is 0.581 bits per heavy atom. The van der Waals surface area contributed by atoms with Gasteiger partial charge >= 0.3 is 0 Å². The quantitative estimate of drug-likeness (QED) is 0.542. The Balaban J connectivity index is 1.44. The van der Waals surface area contributed by atoms with E-state index in [-0.39, 0.29) is 49.2 Å². The molecule has 0 aromatic rings. The van der Waals surface area contributed by atoms with Crippen LogP contribution in [-0.2, 0) is 33.3 Å². The Hall–Kier alpha value is -1.38. The van der Waals surface area contributed by atoms with Crippen LogP contribution in [0.15, 0.2) is 23.3 Å². The zero-order valence-electron chi connectivity index (χ0n) is 18.2. The Kier molecular flexibility index (Phi) is 8.44. The summed E-state index contributed by atoms with van der Waals surface area (Å²) in [6, 6.07) is 0. The van der Waals surface area contributed by atoms with Crippen molar-refractivity contribution in [1.29, 1.82) is 0 Å². The summed E-state index contributed by atoms with van der Waals surface area (Å²) in [6.07, 6.45) is 10.6. The van der Waals surface area contributed by atoms with Crippen LogP contribution in [0.1, 0.15) is 51.4 Å². The number of hydrogen-bond acceptors (Lipinski definition) is 7. The topological polar surface area (TPSA) is 80.3 Å². The van der Waals surface area contributed by atoms with Gasteiger partial charge in [0.15, 0.2) is 11.6 Å². The van der Waals surface area contributed by atoms with Crippen molar-refractivity contribution < 1.29 is 33.3 Å². The maximum atomic E-state index is 13.0. The average Bonchev–Trinajstić information content (AvgIpc) is 2.78. The molecule has 1 aliphatic heterocycles. The predicted molar refractivity (Wildman–Crippen MR) is 113 cm³/mol. The average molecular weight is 435 g/mol.